The second-order valence-electron chi connectivity index (χ2n) is 4.12. The molecule has 14 heavy (non-hydrogen) atoms. The molecule has 2 aliphatic rings. The number of nitrogens with zero attached hydrogens (tertiary/aromatic N) is 1. The van der Waals surface area contributed by atoms with Gasteiger partial charge in [0.05, 0.1) is 30.5 Å². The third-order valence-corrected chi connectivity index (χ3v) is 4.09. The number of rotatable bonds is 3. The maximum absolute atomic E-state index is 5.40. The van der Waals surface area contributed by atoms with Gasteiger partial charge in [-0.15, -0.1) is 11.3 Å². The Labute approximate surface area is 87.5 Å². The topological polar surface area (TPSA) is 34.2 Å². The first-order valence-corrected chi connectivity index (χ1v) is 5.99. The molecular weight excluding hydrogens is 196 g/mol. The van der Waals surface area contributed by atoms with Gasteiger partial charge in [0.2, 0.25) is 0 Å². The van der Waals surface area contributed by atoms with Crippen molar-refractivity contribution in [3.63, 3.8) is 0 Å². The monoisotopic (exact) mass is 210 g/mol. The zero-order chi connectivity index (χ0) is 9.54. The van der Waals surface area contributed by atoms with Gasteiger partial charge in [-0.25, -0.2) is 4.98 Å². The number of ether oxygens (including phenoxy) is 1. The lowest BCUT2D eigenvalue weighted by atomic mass is 10.1. The van der Waals surface area contributed by atoms with Crippen molar-refractivity contribution in [2.75, 3.05) is 20.3 Å². The fraction of sp³-hybridized carbons (Fsp3) is 0.700. The number of fused-ring (bicyclic) bond motifs is 1. The Kier molecular flexibility index (Phi) is 2.08. The summed E-state index contributed by atoms with van der Waals surface area (Å²) in [4.78, 5) is 4.39. The lowest BCUT2D eigenvalue weighted by molar-refractivity contribution is 0.143. The fourth-order valence-electron chi connectivity index (χ4n) is 2.69. The molecule has 76 valence electrons. The van der Waals surface area contributed by atoms with Gasteiger partial charge in [0.15, 0.2) is 0 Å². The van der Waals surface area contributed by atoms with Crippen molar-refractivity contribution in [3.8, 4) is 0 Å². The highest BCUT2D eigenvalue weighted by molar-refractivity contribution is 7.07. The van der Waals surface area contributed by atoms with E-state index in [4.69, 9.17) is 4.74 Å². The first kappa shape index (κ1) is 8.83. The van der Waals surface area contributed by atoms with Crippen LogP contribution >= 0.6 is 11.3 Å². The molecule has 1 aromatic rings. The van der Waals surface area contributed by atoms with Crippen molar-refractivity contribution in [3.05, 3.63) is 16.6 Å². The number of thiazole rings is 1. The van der Waals surface area contributed by atoms with E-state index in [1.54, 1.807) is 11.3 Å². The molecule has 1 saturated carbocycles. The van der Waals surface area contributed by atoms with Gasteiger partial charge in [0, 0.05) is 5.38 Å². The van der Waals surface area contributed by atoms with Crippen LogP contribution < -0.4 is 5.32 Å². The summed E-state index contributed by atoms with van der Waals surface area (Å²) in [6.07, 6.45) is 0. The second kappa shape index (κ2) is 3.29. The molecule has 0 radical (unpaired) electrons. The summed E-state index contributed by atoms with van der Waals surface area (Å²) < 4.78 is 5.40. The van der Waals surface area contributed by atoms with Crippen LogP contribution in [0.1, 0.15) is 11.7 Å². The number of hydrogen-bond donors (Lipinski definition) is 1. The van der Waals surface area contributed by atoms with Crippen LogP contribution in [0.4, 0.5) is 0 Å². The number of aromatic nitrogens is 1. The lowest BCUT2D eigenvalue weighted by Crippen LogP contribution is -2.22. The summed E-state index contributed by atoms with van der Waals surface area (Å²) in [5.74, 6) is 2.33. The molecule has 0 aromatic carbocycles. The van der Waals surface area contributed by atoms with Crippen LogP contribution in [0.3, 0.4) is 0 Å². The SMILES string of the molecule is CNC(c1cscn1)C1C2COCC21. The van der Waals surface area contributed by atoms with Gasteiger partial charge in [0.25, 0.3) is 0 Å². The molecule has 1 aliphatic carbocycles. The minimum absolute atomic E-state index is 0.445. The lowest BCUT2D eigenvalue weighted by Gasteiger charge is -2.15. The largest absolute Gasteiger partial charge is 0.381 e. The highest BCUT2D eigenvalue weighted by Crippen LogP contribution is 2.56. The van der Waals surface area contributed by atoms with Crippen molar-refractivity contribution < 1.29 is 4.74 Å². The molecule has 3 atom stereocenters. The molecule has 0 bridgehead atoms. The predicted molar refractivity (Wildman–Crippen MR) is 55.2 cm³/mol. The van der Waals surface area contributed by atoms with Gasteiger partial charge < -0.3 is 10.1 Å². The van der Waals surface area contributed by atoms with E-state index in [1.165, 1.54) is 5.69 Å². The van der Waals surface area contributed by atoms with Crippen molar-refractivity contribution >= 4 is 11.3 Å². The van der Waals surface area contributed by atoms with Crippen LogP contribution in [-0.4, -0.2) is 25.2 Å². The molecule has 2 fully saturated rings. The van der Waals surface area contributed by atoms with E-state index in [1.807, 2.05) is 12.6 Å². The quantitative estimate of drug-likeness (QED) is 0.816. The summed E-state index contributed by atoms with van der Waals surface area (Å²) in [5, 5.41) is 5.53. The molecule has 3 nitrogen and oxygen atoms in total. The maximum atomic E-state index is 5.40. The summed E-state index contributed by atoms with van der Waals surface area (Å²) >= 11 is 1.67. The minimum Gasteiger partial charge on any atom is -0.381 e. The molecule has 0 amide bonds. The van der Waals surface area contributed by atoms with Gasteiger partial charge >= 0.3 is 0 Å². The van der Waals surface area contributed by atoms with E-state index in [9.17, 15) is 0 Å². The molecule has 3 rings (SSSR count). The van der Waals surface area contributed by atoms with Gasteiger partial charge in [-0.1, -0.05) is 0 Å². The van der Waals surface area contributed by atoms with Gasteiger partial charge in [-0.05, 0) is 24.8 Å². The average Bonchev–Trinajstić information content (AvgIpc) is 2.67. The number of hydrogen-bond acceptors (Lipinski definition) is 4. The predicted octanol–water partition coefficient (Wildman–Crippen LogP) is 1.30. The van der Waals surface area contributed by atoms with E-state index < -0.39 is 0 Å². The molecule has 1 N–H and O–H groups in total. The molecule has 3 unspecified atom stereocenters. The Morgan fingerprint density at radius 2 is 2.36 bits per heavy atom. The van der Waals surface area contributed by atoms with Crippen LogP contribution in [0.2, 0.25) is 0 Å². The van der Waals surface area contributed by atoms with E-state index in [0.29, 0.717) is 6.04 Å². The maximum Gasteiger partial charge on any atom is 0.0795 e. The van der Waals surface area contributed by atoms with E-state index in [0.717, 1.165) is 31.0 Å². The number of nitrogens with one attached hydrogen (secondary N) is 1. The normalized spacial score (nSPS) is 36.8. The van der Waals surface area contributed by atoms with Crippen LogP contribution in [0.25, 0.3) is 0 Å². The van der Waals surface area contributed by atoms with Crippen molar-refractivity contribution in [2.24, 2.45) is 17.8 Å². The standard InChI is InChI=1S/C10H14N2OS/c1-11-10(8-4-14-5-12-8)9-6-2-13-3-7(6)9/h4-7,9-11H,2-3H2,1H3. The zero-order valence-electron chi connectivity index (χ0n) is 8.14. The second-order valence-corrected chi connectivity index (χ2v) is 4.84. The smallest absolute Gasteiger partial charge is 0.0795 e. The third-order valence-electron chi connectivity index (χ3n) is 3.48. The van der Waals surface area contributed by atoms with E-state index in [-0.39, 0.29) is 0 Å². The van der Waals surface area contributed by atoms with E-state index >= 15 is 0 Å². The Hall–Kier alpha value is -0.450. The highest BCUT2D eigenvalue weighted by Gasteiger charge is 2.57. The van der Waals surface area contributed by atoms with Gasteiger partial charge in [-0.3, -0.25) is 0 Å². The van der Waals surface area contributed by atoms with Crippen LogP contribution in [0.15, 0.2) is 10.9 Å². The molecule has 2 heterocycles. The summed E-state index contributed by atoms with van der Waals surface area (Å²) in [6.45, 7) is 1.91. The summed E-state index contributed by atoms with van der Waals surface area (Å²) in [7, 11) is 2.03. The zero-order valence-corrected chi connectivity index (χ0v) is 8.96. The molecule has 1 aliphatic heterocycles. The van der Waals surface area contributed by atoms with Crippen LogP contribution in [-0.2, 0) is 4.74 Å². The highest BCUT2D eigenvalue weighted by atomic mass is 32.1. The first-order valence-electron chi connectivity index (χ1n) is 5.05. The molecule has 1 saturated heterocycles. The Morgan fingerprint density at radius 1 is 1.57 bits per heavy atom. The van der Waals surface area contributed by atoms with Crippen LogP contribution in [0, 0.1) is 17.8 Å². The average molecular weight is 210 g/mol. The Balaban J connectivity index is 1.77. The molecule has 0 spiro atoms. The van der Waals surface area contributed by atoms with Gasteiger partial charge in [-0.2, -0.15) is 0 Å². The van der Waals surface area contributed by atoms with E-state index in [2.05, 4.69) is 15.7 Å². The summed E-state index contributed by atoms with van der Waals surface area (Å²) in [5.41, 5.74) is 3.12. The minimum atomic E-state index is 0.445. The Bertz CT molecular complexity index is 304. The third kappa shape index (κ3) is 1.21. The van der Waals surface area contributed by atoms with Gasteiger partial charge in [0.1, 0.15) is 0 Å². The molecular formula is C10H14N2OS. The van der Waals surface area contributed by atoms with Crippen molar-refractivity contribution in [2.45, 2.75) is 6.04 Å². The molecule has 1 aromatic heterocycles. The van der Waals surface area contributed by atoms with Crippen molar-refractivity contribution in [1.29, 1.82) is 0 Å². The fourth-order valence-corrected chi connectivity index (χ4v) is 3.28. The summed E-state index contributed by atoms with van der Waals surface area (Å²) in [6, 6.07) is 0.445. The Morgan fingerprint density at radius 3 is 2.93 bits per heavy atom. The molecule has 4 heteroatoms. The first-order chi connectivity index (χ1) is 6.92. The van der Waals surface area contributed by atoms with Crippen molar-refractivity contribution in [1.82, 2.24) is 10.3 Å². The van der Waals surface area contributed by atoms with Crippen LogP contribution in [0.5, 0.6) is 0 Å².